The van der Waals surface area contributed by atoms with E-state index in [-0.39, 0.29) is 0 Å². The second-order valence-electron chi connectivity index (χ2n) is 3.95. The van der Waals surface area contributed by atoms with Crippen LogP contribution in [0.25, 0.3) is 10.2 Å². The monoisotopic (exact) mass is 294 g/mol. The van der Waals surface area contributed by atoms with Crippen molar-refractivity contribution in [1.82, 2.24) is 4.98 Å². The number of carbonyl (C=O) groups is 1. The van der Waals surface area contributed by atoms with Crippen LogP contribution in [0.4, 0.5) is 0 Å². The molecule has 0 spiro atoms. The third kappa shape index (κ3) is 2.31. The molecule has 1 N–H and O–H groups in total. The number of hydrogen-bond acceptors (Lipinski definition) is 6. The number of carboxylic acids is 1. The molecule has 1 aromatic carbocycles. The zero-order chi connectivity index (χ0) is 13.4. The number of fused-ring (bicyclic) bond motifs is 1. The predicted octanol–water partition coefficient (Wildman–Crippen LogP) is 2.25. The lowest BCUT2D eigenvalue weighted by molar-refractivity contribution is -0.137. The van der Waals surface area contributed by atoms with Gasteiger partial charge in [0, 0.05) is 5.75 Å². The summed E-state index contributed by atoms with van der Waals surface area (Å²) in [5, 5.41) is 10.4. The van der Waals surface area contributed by atoms with Crippen molar-refractivity contribution in [2.24, 2.45) is 4.99 Å². The summed E-state index contributed by atoms with van der Waals surface area (Å²) in [4.78, 5) is 19.6. The molecule has 2 heterocycles. The topological polar surface area (TPSA) is 71.8 Å². The Morgan fingerprint density at radius 2 is 2.37 bits per heavy atom. The molecule has 1 atom stereocenters. The van der Waals surface area contributed by atoms with Crippen molar-refractivity contribution >= 4 is 44.3 Å². The lowest BCUT2D eigenvalue weighted by Gasteiger charge is -1.96. The van der Waals surface area contributed by atoms with Crippen LogP contribution < -0.4 is 4.74 Å². The number of hydrogen-bond donors (Lipinski definition) is 1. The van der Waals surface area contributed by atoms with E-state index in [4.69, 9.17) is 9.84 Å². The largest absolute Gasteiger partial charge is 0.497 e. The summed E-state index contributed by atoms with van der Waals surface area (Å²) in [5.74, 6) is 0.376. The number of thiazole rings is 1. The summed E-state index contributed by atoms with van der Waals surface area (Å²) in [6, 6.07) is 5.02. The van der Waals surface area contributed by atoms with Gasteiger partial charge in [-0.25, -0.2) is 9.78 Å². The number of carboxylic acid groups (broad SMARTS) is 1. The van der Waals surface area contributed by atoms with Gasteiger partial charge in [-0.1, -0.05) is 0 Å². The van der Waals surface area contributed by atoms with Gasteiger partial charge < -0.3 is 9.84 Å². The van der Waals surface area contributed by atoms with E-state index in [2.05, 4.69) is 9.98 Å². The maximum Gasteiger partial charge on any atom is 0.329 e. The highest BCUT2D eigenvalue weighted by Gasteiger charge is 2.26. The molecular formula is C12H10N2O3S2. The van der Waals surface area contributed by atoms with Gasteiger partial charge in [0.25, 0.3) is 0 Å². The van der Waals surface area contributed by atoms with E-state index in [1.165, 1.54) is 23.1 Å². The number of aliphatic carboxylic acids is 1. The highest BCUT2D eigenvalue weighted by molar-refractivity contribution is 8.15. The lowest BCUT2D eigenvalue weighted by atomic mass is 10.3. The molecule has 1 aromatic heterocycles. The molecule has 2 aromatic rings. The van der Waals surface area contributed by atoms with Gasteiger partial charge in [-0.3, -0.25) is 4.99 Å². The van der Waals surface area contributed by atoms with Crippen LogP contribution in [0.15, 0.2) is 23.2 Å². The van der Waals surface area contributed by atoms with Crippen molar-refractivity contribution in [3.63, 3.8) is 0 Å². The molecule has 0 amide bonds. The van der Waals surface area contributed by atoms with E-state index in [1.807, 2.05) is 18.2 Å². The summed E-state index contributed by atoms with van der Waals surface area (Å²) >= 11 is 2.95. The van der Waals surface area contributed by atoms with E-state index < -0.39 is 12.0 Å². The third-order valence-electron chi connectivity index (χ3n) is 2.71. The minimum atomic E-state index is -0.884. The van der Waals surface area contributed by atoms with Crippen LogP contribution >= 0.6 is 23.1 Å². The first kappa shape index (κ1) is 12.4. The second-order valence-corrected chi connectivity index (χ2v) is 5.99. The van der Waals surface area contributed by atoms with Crippen molar-refractivity contribution in [1.29, 1.82) is 0 Å². The number of rotatable bonds is 3. The molecular weight excluding hydrogens is 284 g/mol. The van der Waals surface area contributed by atoms with E-state index in [0.717, 1.165) is 21.0 Å². The summed E-state index contributed by atoms with van der Waals surface area (Å²) < 4.78 is 6.18. The van der Waals surface area contributed by atoms with Crippen molar-refractivity contribution < 1.29 is 14.6 Å². The van der Waals surface area contributed by atoms with E-state index in [9.17, 15) is 4.79 Å². The molecule has 0 saturated heterocycles. The zero-order valence-corrected chi connectivity index (χ0v) is 11.6. The first-order valence-corrected chi connectivity index (χ1v) is 7.36. The van der Waals surface area contributed by atoms with Crippen LogP contribution in [0.1, 0.15) is 5.01 Å². The van der Waals surface area contributed by atoms with Gasteiger partial charge >= 0.3 is 5.97 Å². The fourth-order valence-corrected chi connectivity index (χ4v) is 3.83. The Bertz CT molecular complexity index is 681. The number of aliphatic imine (C=N–C) groups is 1. The van der Waals surface area contributed by atoms with E-state index in [1.54, 1.807) is 7.11 Å². The quantitative estimate of drug-likeness (QED) is 0.940. The first-order chi connectivity index (χ1) is 9.17. The van der Waals surface area contributed by atoms with Gasteiger partial charge in [0.15, 0.2) is 6.04 Å². The molecule has 19 heavy (non-hydrogen) atoms. The first-order valence-electron chi connectivity index (χ1n) is 5.56. The molecule has 0 bridgehead atoms. The molecule has 0 aliphatic carbocycles. The van der Waals surface area contributed by atoms with Gasteiger partial charge in [0.2, 0.25) is 0 Å². The summed E-state index contributed by atoms with van der Waals surface area (Å²) in [6.07, 6.45) is 0. The molecule has 7 heteroatoms. The molecule has 1 aliphatic rings. The molecule has 5 nitrogen and oxygen atoms in total. The normalized spacial score (nSPS) is 18.6. The lowest BCUT2D eigenvalue weighted by Crippen LogP contribution is -2.17. The van der Waals surface area contributed by atoms with Crippen LogP contribution in [0.5, 0.6) is 5.75 Å². The average molecular weight is 294 g/mol. The van der Waals surface area contributed by atoms with E-state index in [0.29, 0.717) is 10.8 Å². The molecule has 1 aliphatic heterocycles. The standard InChI is InChI=1S/C12H10N2O3S2/c1-17-6-2-3-7-9(4-6)19-11(13-7)10-14-8(5-18-10)12(15)16/h2-4,8H,5H2,1H3,(H,15,16). The summed E-state index contributed by atoms with van der Waals surface area (Å²) in [7, 11) is 1.62. The Hall–Kier alpha value is -1.60. The van der Waals surface area contributed by atoms with Crippen molar-refractivity contribution in [2.45, 2.75) is 6.04 Å². The van der Waals surface area contributed by atoms with Gasteiger partial charge in [-0.2, -0.15) is 0 Å². The highest BCUT2D eigenvalue weighted by Crippen LogP contribution is 2.31. The number of nitrogens with zero attached hydrogens (tertiary/aromatic N) is 2. The highest BCUT2D eigenvalue weighted by atomic mass is 32.2. The average Bonchev–Trinajstić information content (AvgIpc) is 3.04. The predicted molar refractivity (Wildman–Crippen MR) is 76.6 cm³/mol. The number of ether oxygens (including phenoxy) is 1. The van der Waals surface area contributed by atoms with Gasteiger partial charge in [-0.05, 0) is 18.2 Å². The Morgan fingerprint density at radius 1 is 1.53 bits per heavy atom. The molecule has 0 saturated carbocycles. The Balaban J connectivity index is 1.98. The number of benzene rings is 1. The fourth-order valence-electron chi connectivity index (χ4n) is 1.74. The van der Waals surface area contributed by atoms with Gasteiger partial charge in [0.05, 0.1) is 17.3 Å². The molecule has 0 radical (unpaired) electrons. The Labute approximate surface area is 117 Å². The smallest absolute Gasteiger partial charge is 0.329 e. The van der Waals surface area contributed by atoms with Crippen molar-refractivity contribution in [3.8, 4) is 5.75 Å². The summed E-state index contributed by atoms with van der Waals surface area (Å²) in [5.41, 5.74) is 0.878. The number of thioether (sulfide) groups is 1. The fraction of sp³-hybridized carbons (Fsp3) is 0.250. The third-order valence-corrected chi connectivity index (χ3v) is 4.92. The molecule has 3 rings (SSSR count). The van der Waals surface area contributed by atoms with Gasteiger partial charge in [0.1, 0.15) is 15.8 Å². The van der Waals surface area contributed by atoms with Crippen molar-refractivity contribution in [2.75, 3.05) is 12.9 Å². The zero-order valence-electron chi connectivity index (χ0n) is 9.99. The molecule has 98 valence electrons. The number of methoxy groups -OCH3 is 1. The molecule has 1 unspecified atom stereocenters. The van der Waals surface area contributed by atoms with Crippen LogP contribution in [0, 0.1) is 0 Å². The number of aromatic nitrogens is 1. The maximum absolute atomic E-state index is 10.9. The second kappa shape index (κ2) is 4.82. The van der Waals surface area contributed by atoms with Crippen LogP contribution in [-0.2, 0) is 4.79 Å². The molecule has 0 fully saturated rings. The van der Waals surface area contributed by atoms with Gasteiger partial charge in [-0.15, -0.1) is 23.1 Å². The van der Waals surface area contributed by atoms with Crippen LogP contribution in [-0.4, -0.2) is 40.0 Å². The summed E-state index contributed by atoms with van der Waals surface area (Å²) in [6.45, 7) is 0. The minimum Gasteiger partial charge on any atom is -0.497 e. The Morgan fingerprint density at radius 3 is 3.05 bits per heavy atom. The van der Waals surface area contributed by atoms with Crippen molar-refractivity contribution in [3.05, 3.63) is 23.2 Å². The minimum absolute atomic E-state index is 0.476. The maximum atomic E-state index is 10.9. The van der Waals surface area contributed by atoms with Crippen LogP contribution in [0.3, 0.4) is 0 Å². The van der Waals surface area contributed by atoms with Crippen LogP contribution in [0.2, 0.25) is 0 Å². The van der Waals surface area contributed by atoms with E-state index >= 15 is 0 Å². The SMILES string of the molecule is COc1ccc2nc(C3=NC(C(=O)O)CS3)sc2c1. The Kier molecular flexibility index (Phi) is 3.16.